The number of hydrogen-bond donors (Lipinski definition) is 1. The summed E-state index contributed by atoms with van der Waals surface area (Å²) in [4.78, 5) is 13.2. The summed E-state index contributed by atoms with van der Waals surface area (Å²) < 4.78 is 40.0. The van der Waals surface area contributed by atoms with Crippen LogP contribution in [0.1, 0.15) is 19.3 Å². The molecule has 18 heavy (non-hydrogen) atoms. The lowest BCUT2D eigenvalue weighted by Crippen LogP contribution is -2.30. The third kappa shape index (κ3) is 10.3. The lowest BCUT2D eigenvalue weighted by molar-refractivity contribution is -0.146. The Morgan fingerprint density at radius 3 is 2.44 bits per heavy atom. The topological polar surface area (TPSA) is 55.6 Å². The van der Waals surface area contributed by atoms with Crippen molar-refractivity contribution in [3.8, 4) is 0 Å². The molecule has 0 aromatic carbocycles. The van der Waals surface area contributed by atoms with Crippen LogP contribution in [0.4, 0.5) is 13.2 Å². The van der Waals surface area contributed by atoms with Gasteiger partial charge in [-0.15, -0.1) is 0 Å². The molecule has 0 aromatic heterocycles. The minimum Gasteiger partial charge on any atom is -0.393 e. The summed E-state index contributed by atoms with van der Waals surface area (Å²) >= 11 is 4.67. The Kier molecular flexibility index (Phi) is 7.85. The minimum absolute atomic E-state index is 0.0215. The third-order valence-corrected chi connectivity index (χ3v) is 2.31. The van der Waals surface area contributed by atoms with Crippen molar-refractivity contribution in [2.75, 3.05) is 26.8 Å². The zero-order valence-corrected chi connectivity index (χ0v) is 10.9. The Morgan fingerprint density at radius 2 is 1.94 bits per heavy atom. The SMILES string of the molecule is CN(CCC(N)=S)C(=O)CCOCCC(F)(F)F. The number of nitrogens with zero attached hydrogens (tertiary/aromatic N) is 1. The van der Waals surface area contributed by atoms with Crippen LogP contribution in [0.5, 0.6) is 0 Å². The Bertz CT molecular complexity index is 285. The number of carbonyl (C=O) groups is 1. The van der Waals surface area contributed by atoms with E-state index in [1.165, 1.54) is 4.90 Å². The average Bonchev–Trinajstić information content (AvgIpc) is 2.23. The van der Waals surface area contributed by atoms with Gasteiger partial charge in [0.25, 0.3) is 0 Å². The highest BCUT2D eigenvalue weighted by Crippen LogP contribution is 2.18. The number of thiocarbonyl (C=S) groups is 1. The molecule has 0 aliphatic rings. The summed E-state index contributed by atoms with van der Waals surface area (Å²) in [5, 5.41) is 0. The lowest BCUT2D eigenvalue weighted by atomic mass is 10.3. The van der Waals surface area contributed by atoms with Crippen molar-refractivity contribution < 1.29 is 22.7 Å². The molecule has 0 bridgehead atoms. The molecule has 0 saturated heterocycles. The standard InChI is InChI=1S/C10H17F3N2O2S/c1-15(5-2-8(14)18)9(16)3-6-17-7-4-10(11,12)13/h2-7H2,1H3,(H2,14,18). The molecule has 0 unspecified atom stereocenters. The van der Waals surface area contributed by atoms with Gasteiger partial charge in [0.2, 0.25) is 5.91 Å². The Morgan fingerprint density at radius 1 is 1.33 bits per heavy atom. The molecule has 8 heteroatoms. The number of halogens is 3. The molecule has 106 valence electrons. The van der Waals surface area contributed by atoms with Gasteiger partial charge in [-0.1, -0.05) is 12.2 Å². The maximum Gasteiger partial charge on any atom is 0.391 e. The predicted molar refractivity (Wildman–Crippen MR) is 65.1 cm³/mol. The van der Waals surface area contributed by atoms with Gasteiger partial charge in [0.15, 0.2) is 0 Å². The van der Waals surface area contributed by atoms with E-state index < -0.39 is 19.2 Å². The summed E-state index contributed by atoms with van der Waals surface area (Å²) in [7, 11) is 1.58. The third-order valence-electron chi connectivity index (χ3n) is 2.11. The molecule has 0 saturated carbocycles. The van der Waals surface area contributed by atoms with Crippen LogP contribution in [0.2, 0.25) is 0 Å². The van der Waals surface area contributed by atoms with Gasteiger partial charge in [0.05, 0.1) is 31.0 Å². The maximum absolute atomic E-state index is 11.8. The monoisotopic (exact) mass is 286 g/mol. The van der Waals surface area contributed by atoms with E-state index in [1.807, 2.05) is 0 Å². The fraction of sp³-hybridized carbons (Fsp3) is 0.800. The van der Waals surface area contributed by atoms with Gasteiger partial charge in [-0.25, -0.2) is 0 Å². The molecular formula is C10H17F3N2O2S. The predicted octanol–water partition coefficient (Wildman–Crippen LogP) is 1.48. The quantitative estimate of drug-likeness (QED) is 0.542. The highest BCUT2D eigenvalue weighted by Gasteiger charge is 2.26. The van der Waals surface area contributed by atoms with Crippen molar-refractivity contribution >= 4 is 23.1 Å². The van der Waals surface area contributed by atoms with Crippen molar-refractivity contribution in [3.63, 3.8) is 0 Å². The first-order valence-corrected chi connectivity index (χ1v) is 5.80. The van der Waals surface area contributed by atoms with Crippen LogP contribution in [-0.4, -0.2) is 48.8 Å². The van der Waals surface area contributed by atoms with Crippen LogP contribution in [-0.2, 0) is 9.53 Å². The second kappa shape index (κ2) is 8.25. The summed E-state index contributed by atoms with van der Waals surface area (Å²) in [6.45, 7) is -0.0452. The average molecular weight is 286 g/mol. The molecule has 0 atom stereocenters. The van der Waals surface area contributed by atoms with E-state index in [1.54, 1.807) is 7.05 Å². The van der Waals surface area contributed by atoms with Crippen LogP contribution in [0.25, 0.3) is 0 Å². The second-order valence-electron chi connectivity index (χ2n) is 3.76. The zero-order chi connectivity index (χ0) is 14.2. The van der Waals surface area contributed by atoms with E-state index in [0.717, 1.165) is 0 Å². The van der Waals surface area contributed by atoms with Crippen molar-refractivity contribution in [1.29, 1.82) is 0 Å². The number of nitrogens with two attached hydrogens (primary N) is 1. The van der Waals surface area contributed by atoms with Gasteiger partial charge >= 0.3 is 6.18 Å². The van der Waals surface area contributed by atoms with E-state index in [4.69, 9.17) is 10.5 Å². The first kappa shape index (κ1) is 17.1. The van der Waals surface area contributed by atoms with E-state index >= 15 is 0 Å². The number of ether oxygens (including phenoxy) is 1. The number of amides is 1. The van der Waals surface area contributed by atoms with Crippen LogP contribution >= 0.6 is 12.2 Å². The number of rotatable bonds is 8. The molecule has 0 spiro atoms. The molecule has 0 aromatic rings. The van der Waals surface area contributed by atoms with Gasteiger partial charge in [0, 0.05) is 20.0 Å². The highest BCUT2D eigenvalue weighted by atomic mass is 32.1. The second-order valence-corrected chi connectivity index (χ2v) is 4.28. The summed E-state index contributed by atoms with van der Waals surface area (Å²) in [5.74, 6) is -0.210. The molecule has 0 rings (SSSR count). The van der Waals surface area contributed by atoms with E-state index in [0.29, 0.717) is 18.0 Å². The molecule has 0 aliphatic heterocycles. The Hall–Kier alpha value is -0.890. The van der Waals surface area contributed by atoms with E-state index in [9.17, 15) is 18.0 Å². The summed E-state index contributed by atoms with van der Waals surface area (Å²) in [5.41, 5.74) is 5.28. The highest BCUT2D eigenvalue weighted by molar-refractivity contribution is 7.80. The van der Waals surface area contributed by atoms with Crippen molar-refractivity contribution in [2.24, 2.45) is 5.73 Å². The summed E-state index contributed by atoms with van der Waals surface area (Å²) in [6.07, 6.45) is -4.76. The van der Waals surface area contributed by atoms with E-state index in [2.05, 4.69) is 12.2 Å². The largest absolute Gasteiger partial charge is 0.393 e. The fourth-order valence-electron chi connectivity index (χ4n) is 1.04. The first-order chi connectivity index (χ1) is 8.22. The normalized spacial score (nSPS) is 11.3. The molecular weight excluding hydrogens is 269 g/mol. The molecule has 2 N–H and O–H groups in total. The molecule has 0 fully saturated rings. The van der Waals surface area contributed by atoms with Crippen LogP contribution in [0, 0.1) is 0 Å². The maximum atomic E-state index is 11.8. The molecule has 1 amide bonds. The molecule has 0 radical (unpaired) electrons. The molecule has 0 aliphatic carbocycles. The van der Waals surface area contributed by atoms with Crippen molar-refractivity contribution in [2.45, 2.75) is 25.4 Å². The van der Waals surface area contributed by atoms with Gasteiger partial charge in [-0.2, -0.15) is 13.2 Å². The Labute approximate surface area is 109 Å². The van der Waals surface area contributed by atoms with Crippen LogP contribution in [0.15, 0.2) is 0 Å². The molecule has 4 nitrogen and oxygen atoms in total. The lowest BCUT2D eigenvalue weighted by Gasteiger charge is -2.16. The van der Waals surface area contributed by atoms with E-state index in [-0.39, 0.29) is 18.9 Å². The van der Waals surface area contributed by atoms with Gasteiger partial charge in [-0.05, 0) is 0 Å². The van der Waals surface area contributed by atoms with Crippen LogP contribution in [0.3, 0.4) is 0 Å². The number of hydrogen-bond acceptors (Lipinski definition) is 3. The van der Waals surface area contributed by atoms with Crippen molar-refractivity contribution in [1.82, 2.24) is 4.90 Å². The first-order valence-electron chi connectivity index (χ1n) is 5.39. The summed E-state index contributed by atoms with van der Waals surface area (Å²) in [6, 6.07) is 0. The minimum atomic E-state index is -4.22. The van der Waals surface area contributed by atoms with Crippen LogP contribution < -0.4 is 5.73 Å². The Balaban J connectivity index is 3.61. The fourth-order valence-corrected chi connectivity index (χ4v) is 1.13. The zero-order valence-electron chi connectivity index (χ0n) is 10.1. The number of carbonyl (C=O) groups excluding carboxylic acids is 1. The van der Waals surface area contributed by atoms with Gasteiger partial charge in [-0.3, -0.25) is 4.79 Å². The van der Waals surface area contributed by atoms with Crippen molar-refractivity contribution in [3.05, 3.63) is 0 Å². The van der Waals surface area contributed by atoms with Gasteiger partial charge < -0.3 is 15.4 Å². The van der Waals surface area contributed by atoms with Gasteiger partial charge in [0.1, 0.15) is 0 Å². The number of alkyl halides is 3. The molecule has 0 heterocycles. The smallest absolute Gasteiger partial charge is 0.391 e.